The van der Waals surface area contributed by atoms with Gasteiger partial charge >= 0.3 is 5.97 Å². The first-order valence-corrected chi connectivity index (χ1v) is 6.37. The van der Waals surface area contributed by atoms with Crippen LogP contribution in [0.2, 0.25) is 0 Å². The van der Waals surface area contributed by atoms with Crippen LogP contribution in [0.5, 0.6) is 0 Å². The lowest BCUT2D eigenvalue weighted by Gasteiger charge is -2.30. The molecule has 0 amide bonds. The first-order valence-electron chi connectivity index (χ1n) is 6.37. The Morgan fingerprint density at radius 2 is 2.00 bits per heavy atom. The van der Waals surface area contributed by atoms with Gasteiger partial charge in [-0.2, -0.15) is 0 Å². The van der Waals surface area contributed by atoms with E-state index in [0.29, 0.717) is 18.7 Å². The van der Waals surface area contributed by atoms with Crippen molar-refractivity contribution in [3.05, 3.63) is 0 Å². The smallest absolute Gasteiger partial charge is 0.326 e. The summed E-state index contributed by atoms with van der Waals surface area (Å²) < 4.78 is 5.11. The van der Waals surface area contributed by atoms with Gasteiger partial charge in [0.15, 0.2) is 0 Å². The van der Waals surface area contributed by atoms with Crippen LogP contribution in [-0.4, -0.2) is 30.2 Å². The van der Waals surface area contributed by atoms with E-state index in [4.69, 9.17) is 10.5 Å². The van der Waals surface area contributed by atoms with Crippen molar-refractivity contribution in [3.8, 4) is 0 Å². The zero-order valence-corrected chi connectivity index (χ0v) is 10.00. The summed E-state index contributed by atoms with van der Waals surface area (Å²) in [5.41, 5.74) is 5.52. The van der Waals surface area contributed by atoms with Gasteiger partial charge in [-0.1, -0.05) is 0 Å². The van der Waals surface area contributed by atoms with Gasteiger partial charge in [0.2, 0.25) is 0 Å². The molecule has 0 atom stereocenters. The van der Waals surface area contributed by atoms with E-state index in [-0.39, 0.29) is 11.5 Å². The van der Waals surface area contributed by atoms with E-state index >= 15 is 0 Å². The highest BCUT2D eigenvalue weighted by Crippen LogP contribution is 2.38. The van der Waals surface area contributed by atoms with Gasteiger partial charge in [0.05, 0.1) is 6.61 Å². The number of carbonyl (C=O) groups excluding carboxylic acids is 1. The molecule has 0 aromatic heterocycles. The lowest BCUT2D eigenvalue weighted by atomic mass is 9.91. The Balaban J connectivity index is 1.82. The molecule has 0 spiro atoms. The molecule has 2 saturated carbocycles. The van der Waals surface area contributed by atoms with E-state index in [1.54, 1.807) is 0 Å². The number of esters is 1. The molecule has 2 aliphatic rings. The molecule has 92 valence electrons. The van der Waals surface area contributed by atoms with Crippen LogP contribution in [0.4, 0.5) is 0 Å². The minimum Gasteiger partial charge on any atom is -0.465 e. The monoisotopic (exact) mass is 226 g/mol. The van der Waals surface area contributed by atoms with Crippen molar-refractivity contribution in [2.75, 3.05) is 6.61 Å². The number of hydrogen-bond donors (Lipinski definition) is 2. The molecule has 16 heavy (non-hydrogen) atoms. The van der Waals surface area contributed by atoms with Gasteiger partial charge in [0, 0.05) is 12.1 Å². The summed E-state index contributed by atoms with van der Waals surface area (Å²) in [6, 6.07) is 0.808. The van der Waals surface area contributed by atoms with Crippen molar-refractivity contribution in [2.24, 2.45) is 5.73 Å². The number of ether oxygens (including phenoxy) is 1. The Morgan fingerprint density at radius 3 is 2.50 bits per heavy atom. The van der Waals surface area contributed by atoms with Gasteiger partial charge < -0.3 is 10.5 Å². The molecule has 4 nitrogen and oxygen atoms in total. The summed E-state index contributed by atoms with van der Waals surface area (Å²) in [5, 5.41) is 3.48. The summed E-state index contributed by atoms with van der Waals surface area (Å²) in [7, 11) is 0. The van der Waals surface area contributed by atoms with Crippen LogP contribution in [0.3, 0.4) is 0 Å². The standard InChI is InChI=1S/C12H22N2O2/c1-2-16-11(15)12(7-8-12)14-10-5-3-9(13)4-6-10/h9-10,14H,2-8,13H2,1H3. The second-order valence-corrected chi connectivity index (χ2v) is 5.06. The molecule has 0 unspecified atom stereocenters. The van der Waals surface area contributed by atoms with Crippen LogP contribution in [-0.2, 0) is 9.53 Å². The maximum Gasteiger partial charge on any atom is 0.326 e. The zero-order chi connectivity index (χ0) is 11.6. The fourth-order valence-electron chi connectivity index (χ4n) is 2.46. The predicted octanol–water partition coefficient (Wildman–Crippen LogP) is 0.942. The molecule has 0 bridgehead atoms. The fraction of sp³-hybridized carbons (Fsp3) is 0.917. The van der Waals surface area contributed by atoms with Crippen molar-refractivity contribution in [1.29, 1.82) is 0 Å². The number of nitrogens with two attached hydrogens (primary N) is 1. The van der Waals surface area contributed by atoms with E-state index in [2.05, 4.69) is 5.32 Å². The van der Waals surface area contributed by atoms with Gasteiger partial charge in [-0.15, -0.1) is 0 Å². The van der Waals surface area contributed by atoms with Gasteiger partial charge in [0.1, 0.15) is 5.54 Å². The minimum absolute atomic E-state index is 0.0649. The molecule has 2 fully saturated rings. The van der Waals surface area contributed by atoms with Gasteiger partial charge in [-0.25, -0.2) is 0 Å². The first-order chi connectivity index (χ1) is 7.66. The van der Waals surface area contributed by atoms with E-state index in [0.717, 1.165) is 38.5 Å². The summed E-state index contributed by atoms with van der Waals surface area (Å²) in [6.45, 7) is 2.32. The Morgan fingerprint density at radius 1 is 1.38 bits per heavy atom. The van der Waals surface area contributed by atoms with Crippen LogP contribution in [0.25, 0.3) is 0 Å². The van der Waals surface area contributed by atoms with Crippen molar-refractivity contribution in [3.63, 3.8) is 0 Å². The van der Waals surface area contributed by atoms with Crippen LogP contribution >= 0.6 is 0 Å². The normalized spacial score (nSPS) is 32.1. The van der Waals surface area contributed by atoms with Gasteiger partial charge in [-0.3, -0.25) is 10.1 Å². The lowest BCUT2D eigenvalue weighted by molar-refractivity contribution is -0.147. The third-order valence-corrected chi connectivity index (χ3v) is 3.67. The van der Waals surface area contributed by atoms with Crippen LogP contribution in [0, 0.1) is 0 Å². The molecule has 2 rings (SSSR count). The number of carbonyl (C=O) groups is 1. The van der Waals surface area contributed by atoms with Gasteiger partial charge in [-0.05, 0) is 45.4 Å². The van der Waals surface area contributed by atoms with Crippen molar-refractivity contribution >= 4 is 5.97 Å². The van der Waals surface area contributed by atoms with Crippen LogP contribution < -0.4 is 11.1 Å². The molecule has 3 N–H and O–H groups in total. The molecular formula is C12H22N2O2. The predicted molar refractivity (Wildman–Crippen MR) is 62.0 cm³/mol. The molecule has 0 aromatic rings. The fourth-order valence-corrected chi connectivity index (χ4v) is 2.46. The Kier molecular flexibility index (Phi) is 3.50. The third kappa shape index (κ3) is 2.55. The Labute approximate surface area is 96.9 Å². The first kappa shape index (κ1) is 11.9. The number of hydrogen-bond acceptors (Lipinski definition) is 4. The molecule has 4 heteroatoms. The minimum atomic E-state index is -0.345. The van der Waals surface area contributed by atoms with E-state index in [9.17, 15) is 4.79 Å². The van der Waals surface area contributed by atoms with Crippen molar-refractivity contribution in [2.45, 2.75) is 63.1 Å². The van der Waals surface area contributed by atoms with E-state index in [1.165, 1.54) is 0 Å². The summed E-state index contributed by atoms with van der Waals surface area (Å²) >= 11 is 0. The molecule has 2 aliphatic carbocycles. The van der Waals surface area contributed by atoms with Crippen LogP contribution in [0.1, 0.15) is 45.4 Å². The quantitative estimate of drug-likeness (QED) is 0.700. The zero-order valence-electron chi connectivity index (χ0n) is 10.00. The largest absolute Gasteiger partial charge is 0.465 e. The van der Waals surface area contributed by atoms with Crippen molar-refractivity contribution < 1.29 is 9.53 Å². The highest BCUT2D eigenvalue weighted by atomic mass is 16.5. The number of nitrogens with one attached hydrogen (secondary N) is 1. The third-order valence-electron chi connectivity index (χ3n) is 3.67. The van der Waals surface area contributed by atoms with Gasteiger partial charge in [0.25, 0.3) is 0 Å². The SMILES string of the molecule is CCOC(=O)C1(NC2CCC(N)CC2)CC1. The second kappa shape index (κ2) is 4.72. The molecule has 0 aliphatic heterocycles. The highest BCUT2D eigenvalue weighted by Gasteiger charge is 2.52. The molecular weight excluding hydrogens is 204 g/mol. The maximum atomic E-state index is 11.8. The topological polar surface area (TPSA) is 64.3 Å². The average Bonchev–Trinajstić information content (AvgIpc) is 3.03. The van der Waals surface area contributed by atoms with E-state index in [1.807, 2.05) is 6.92 Å². The van der Waals surface area contributed by atoms with Crippen LogP contribution in [0.15, 0.2) is 0 Å². The lowest BCUT2D eigenvalue weighted by Crippen LogP contribution is -2.48. The summed E-state index contributed by atoms with van der Waals surface area (Å²) in [4.78, 5) is 11.8. The molecule has 0 radical (unpaired) electrons. The average molecular weight is 226 g/mol. The maximum absolute atomic E-state index is 11.8. The summed E-state index contributed by atoms with van der Waals surface area (Å²) in [6.07, 6.45) is 6.15. The molecule has 0 heterocycles. The Hall–Kier alpha value is -0.610. The second-order valence-electron chi connectivity index (χ2n) is 5.06. The highest BCUT2D eigenvalue weighted by molar-refractivity contribution is 5.84. The molecule has 0 saturated heterocycles. The summed E-state index contributed by atoms with van der Waals surface area (Å²) in [5.74, 6) is -0.0649. The number of rotatable bonds is 4. The van der Waals surface area contributed by atoms with Crippen molar-refractivity contribution in [1.82, 2.24) is 5.32 Å². The Bertz CT molecular complexity index is 256. The van der Waals surface area contributed by atoms with E-state index < -0.39 is 0 Å². The molecule has 0 aromatic carbocycles.